The van der Waals surface area contributed by atoms with E-state index in [1.807, 2.05) is 6.07 Å². The molecule has 2 aliphatic rings. The maximum atomic E-state index is 6.76. The van der Waals surface area contributed by atoms with Gasteiger partial charge in [0.2, 0.25) is 0 Å². The predicted octanol–water partition coefficient (Wildman–Crippen LogP) is 9.39. The average molecular weight is 587 g/mol. The van der Waals surface area contributed by atoms with Gasteiger partial charge in [-0.1, -0.05) is 109 Å². The molecule has 8 aromatic rings. The lowest BCUT2D eigenvalue weighted by atomic mass is 9.50. The zero-order valence-corrected chi connectivity index (χ0v) is 24.9. The number of benzene rings is 7. The van der Waals surface area contributed by atoms with Crippen LogP contribution in [0.5, 0.6) is 17.2 Å². The molecule has 0 unspecified atom stereocenters. The van der Waals surface area contributed by atoms with E-state index < -0.39 is 0 Å². The van der Waals surface area contributed by atoms with Crippen molar-refractivity contribution in [1.29, 1.82) is 0 Å². The molecule has 0 amide bonds. The SMILES string of the molecule is c1ccc(-c2cc3c4c(c2)-c2ccccc2OB4c2ccc(-c4ccc(-n5c6ccccc6c6ccccc65)cc4)cc2O3)cc1. The summed E-state index contributed by atoms with van der Waals surface area (Å²) in [5, 5.41) is 2.53. The Balaban J connectivity index is 1.07. The smallest absolute Gasteiger partial charge is 0.434 e. The van der Waals surface area contributed by atoms with Crippen LogP contribution in [-0.4, -0.2) is 11.5 Å². The van der Waals surface area contributed by atoms with Gasteiger partial charge < -0.3 is 14.0 Å². The maximum Gasteiger partial charge on any atom is 0.434 e. The molecule has 46 heavy (non-hydrogen) atoms. The van der Waals surface area contributed by atoms with E-state index in [1.165, 1.54) is 27.4 Å². The molecule has 0 radical (unpaired) electrons. The number of aromatic nitrogens is 1. The lowest BCUT2D eigenvalue weighted by molar-refractivity contribution is 0.480. The zero-order valence-electron chi connectivity index (χ0n) is 24.9. The van der Waals surface area contributed by atoms with E-state index >= 15 is 0 Å². The molecular formula is C42H26BNO2. The van der Waals surface area contributed by atoms with Gasteiger partial charge in [-0.2, -0.15) is 0 Å². The van der Waals surface area contributed by atoms with Gasteiger partial charge in [0.05, 0.1) is 11.0 Å². The molecular weight excluding hydrogens is 561 g/mol. The first-order valence-electron chi connectivity index (χ1n) is 15.7. The molecule has 0 fully saturated rings. The van der Waals surface area contributed by atoms with Crippen molar-refractivity contribution in [3.8, 4) is 56.3 Å². The Bertz CT molecular complexity index is 2430. The molecule has 0 N–H and O–H groups in total. The highest BCUT2D eigenvalue weighted by atomic mass is 16.5. The minimum Gasteiger partial charge on any atom is -0.551 e. The maximum absolute atomic E-state index is 6.76. The van der Waals surface area contributed by atoms with Gasteiger partial charge in [0, 0.05) is 32.9 Å². The van der Waals surface area contributed by atoms with Crippen LogP contribution in [-0.2, 0) is 0 Å². The van der Waals surface area contributed by atoms with Crippen molar-refractivity contribution in [2.24, 2.45) is 0 Å². The van der Waals surface area contributed by atoms with Crippen LogP contribution in [0.1, 0.15) is 0 Å². The van der Waals surface area contributed by atoms with E-state index in [4.69, 9.17) is 9.39 Å². The van der Waals surface area contributed by atoms with E-state index in [-0.39, 0.29) is 6.92 Å². The van der Waals surface area contributed by atoms with E-state index in [0.717, 1.165) is 61.7 Å². The number of hydrogen-bond donors (Lipinski definition) is 0. The number of rotatable bonds is 3. The molecule has 3 heterocycles. The molecule has 0 spiro atoms. The minimum atomic E-state index is -0.236. The van der Waals surface area contributed by atoms with Crippen molar-refractivity contribution in [2.75, 3.05) is 0 Å². The number of fused-ring (bicyclic) bond motifs is 7. The third kappa shape index (κ3) is 3.74. The van der Waals surface area contributed by atoms with Crippen LogP contribution in [0, 0.1) is 0 Å². The largest absolute Gasteiger partial charge is 0.551 e. The van der Waals surface area contributed by atoms with Crippen molar-refractivity contribution >= 4 is 39.6 Å². The molecule has 4 heteroatoms. The number of para-hydroxylation sites is 3. The van der Waals surface area contributed by atoms with Crippen molar-refractivity contribution in [3.63, 3.8) is 0 Å². The summed E-state index contributed by atoms with van der Waals surface area (Å²) in [4.78, 5) is 0. The Hall–Kier alpha value is -6.00. The Morgan fingerprint density at radius 3 is 1.85 bits per heavy atom. The molecule has 0 aliphatic carbocycles. The van der Waals surface area contributed by atoms with Crippen molar-refractivity contribution < 1.29 is 9.39 Å². The molecule has 1 aromatic heterocycles. The average Bonchev–Trinajstić information content (AvgIpc) is 3.46. The van der Waals surface area contributed by atoms with E-state index in [9.17, 15) is 0 Å². The van der Waals surface area contributed by atoms with Gasteiger partial charge in [-0.15, -0.1) is 0 Å². The number of hydrogen-bond acceptors (Lipinski definition) is 2. The number of nitrogens with zero attached hydrogens (tertiary/aromatic N) is 1. The predicted molar refractivity (Wildman–Crippen MR) is 189 cm³/mol. The third-order valence-electron chi connectivity index (χ3n) is 9.49. The fourth-order valence-corrected chi connectivity index (χ4v) is 7.34. The van der Waals surface area contributed by atoms with Crippen LogP contribution in [0.15, 0.2) is 158 Å². The van der Waals surface area contributed by atoms with Gasteiger partial charge in [0.15, 0.2) is 0 Å². The van der Waals surface area contributed by atoms with Crippen molar-refractivity contribution in [2.45, 2.75) is 0 Å². The van der Waals surface area contributed by atoms with Gasteiger partial charge >= 0.3 is 6.92 Å². The van der Waals surface area contributed by atoms with E-state index in [1.54, 1.807) is 0 Å². The highest BCUT2D eigenvalue weighted by Crippen LogP contribution is 2.42. The molecule has 214 valence electrons. The van der Waals surface area contributed by atoms with Crippen LogP contribution in [0.2, 0.25) is 0 Å². The van der Waals surface area contributed by atoms with Crippen LogP contribution in [0.4, 0.5) is 0 Å². The molecule has 0 saturated carbocycles. The normalized spacial score (nSPS) is 12.7. The summed E-state index contributed by atoms with van der Waals surface area (Å²) >= 11 is 0. The second-order valence-corrected chi connectivity index (χ2v) is 12.1. The quantitative estimate of drug-likeness (QED) is 0.192. The molecule has 0 atom stereocenters. The number of ether oxygens (including phenoxy) is 1. The van der Waals surface area contributed by atoms with Crippen LogP contribution < -0.4 is 20.3 Å². The third-order valence-corrected chi connectivity index (χ3v) is 9.49. The van der Waals surface area contributed by atoms with Crippen LogP contribution in [0.3, 0.4) is 0 Å². The first-order valence-corrected chi connectivity index (χ1v) is 15.7. The lowest BCUT2D eigenvalue weighted by Crippen LogP contribution is -2.53. The Morgan fingerprint density at radius 2 is 1.07 bits per heavy atom. The van der Waals surface area contributed by atoms with Crippen LogP contribution >= 0.6 is 0 Å². The summed E-state index contributed by atoms with van der Waals surface area (Å²) in [7, 11) is 0. The molecule has 0 bridgehead atoms. The molecule has 10 rings (SSSR count). The standard InChI is InChI=1S/C42H26BNO2/c1-2-10-27(11-3-1)30-24-35-34-14-6-9-17-39(34)46-43-36-23-20-29(25-40(36)45-41(26-30)42(35)43)28-18-21-31(22-19-28)44-37-15-7-4-12-32(37)33-13-5-8-16-38(33)44/h1-26H. The van der Waals surface area contributed by atoms with Crippen molar-refractivity contribution in [3.05, 3.63) is 158 Å². The monoisotopic (exact) mass is 587 g/mol. The van der Waals surface area contributed by atoms with Gasteiger partial charge in [-0.05, 0) is 76.3 Å². The second kappa shape index (κ2) is 9.75. The Labute approximate surface area is 267 Å². The fraction of sp³-hybridized carbons (Fsp3) is 0. The van der Waals surface area contributed by atoms with E-state index in [0.29, 0.717) is 0 Å². The Kier molecular flexibility index (Phi) is 5.37. The molecule has 2 aliphatic heterocycles. The second-order valence-electron chi connectivity index (χ2n) is 12.1. The molecule has 0 saturated heterocycles. The lowest BCUT2D eigenvalue weighted by Gasteiger charge is -2.33. The summed E-state index contributed by atoms with van der Waals surface area (Å²) in [5.74, 6) is 2.58. The van der Waals surface area contributed by atoms with Crippen molar-refractivity contribution in [1.82, 2.24) is 4.57 Å². The van der Waals surface area contributed by atoms with Gasteiger partial charge in [0.25, 0.3) is 0 Å². The Morgan fingerprint density at radius 1 is 0.435 bits per heavy atom. The molecule has 3 nitrogen and oxygen atoms in total. The summed E-state index contributed by atoms with van der Waals surface area (Å²) in [5.41, 5.74) is 12.5. The minimum absolute atomic E-state index is 0.236. The summed E-state index contributed by atoms with van der Waals surface area (Å²) in [6.45, 7) is -0.236. The van der Waals surface area contributed by atoms with Gasteiger partial charge in [0.1, 0.15) is 17.2 Å². The van der Waals surface area contributed by atoms with Gasteiger partial charge in [-0.3, -0.25) is 0 Å². The van der Waals surface area contributed by atoms with Gasteiger partial charge in [-0.25, -0.2) is 0 Å². The van der Waals surface area contributed by atoms with E-state index in [2.05, 4.69) is 156 Å². The topological polar surface area (TPSA) is 23.4 Å². The first-order chi connectivity index (χ1) is 22.8. The zero-order chi connectivity index (χ0) is 30.2. The summed E-state index contributed by atoms with van der Waals surface area (Å²) in [6.07, 6.45) is 0. The first kappa shape index (κ1) is 25.3. The summed E-state index contributed by atoms with van der Waals surface area (Å²) < 4.78 is 15.8. The highest BCUT2D eigenvalue weighted by Gasteiger charge is 2.41. The molecule has 7 aromatic carbocycles. The summed E-state index contributed by atoms with van der Waals surface area (Å²) in [6, 6.07) is 55.8. The van der Waals surface area contributed by atoms with Crippen LogP contribution in [0.25, 0.3) is 60.9 Å². The highest BCUT2D eigenvalue weighted by molar-refractivity contribution is 6.84. The fourth-order valence-electron chi connectivity index (χ4n) is 7.34.